The van der Waals surface area contributed by atoms with Gasteiger partial charge in [-0.2, -0.15) is 4.72 Å². The molecule has 1 aliphatic rings. The van der Waals surface area contributed by atoms with Crippen LogP contribution in [0.5, 0.6) is 11.5 Å². The first kappa shape index (κ1) is 13.1. The lowest BCUT2D eigenvalue weighted by molar-refractivity contribution is -0.112. The molecule has 1 aromatic rings. The standard InChI is InChI=1S/C10H10ClNO5S/c1-6(10(11)13)12-18(14,15)7-2-3-8-9(4-7)17-5-16-8/h2-4,6,12H,5H2,1H3. The highest BCUT2D eigenvalue weighted by Gasteiger charge is 2.23. The third kappa shape index (κ3) is 2.58. The number of rotatable bonds is 4. The van der Waals surface area contributed by atoms with E-state index in [0.29, 0.717) is 11.5 Å². The van der Waals surface area contributed by atoms with Crippen LogP contribution in [0.15, 0.2) is 23.1 Å². The number of carbonyl (C=O) groups is 1. The van der Waals surface area contributed by atoms with E-state index in [9.17, 15) is 13.2 Å². The summed E-state index contributed by atoms with van der Waals surface area (Å²) in [5, 5.41) is -0.778. The first-order valence-corrected chi connectivity index (χ1v) is 6.87. The number of fused-ring (bicyclic) bond motifs is 1. The molecule has 1 unspecified atom stereocenters. The van der Waals surface area contributed by atoms with Gasteiger partial charge >= 0.3 is 0 Å². The van der Waals surface area contributed by atoms with E-state index in [1.165, 1.54) is 25.1 Å². The van der Waals surface area contributed by atoms with Crippen LogP contribution in [0, 0.1) is 0 Å². The van der Waals surface area contributed by atoms with E-state index >= 15 is 0 Å². The average Bonchev–Trinajstić information content (AvgIpc) is 2.74. The molecule has 0 spiro atoms. The van der Waals surface area contributed by atoms with Gasteiger partial charge in [0.05, 0.1) is 10.9 Å². The second-order valence-electron chi connectivity index (χ2n) is 3.66. The van der Waals surface area contributed by atoms with Crippen molar-refractivity contribution in [3.05, 3.63) is 18.2 Å². The number of nitrogens with one attached hydrogen (secondary N) is 1. The maximum absolute atomic E-state index is 11.9. The molecule has 1 heterocycles. The summed E-state index contributed by atoms with van der Waals surface area (Å²) in [7, 11) is -3.82. The molecule has 0 aliphatic carbocycles. The third-order valence-corrected chi connectivity index (χ3v) is 4.19. The Morgan fingerprint density at radius 1 is 1.39 bits per heavy atom. The van der Waals surface area contributed by atoms with Crippen molar-refractivity contribution >= 4 is 26.9 Å². The zero-order valence-electron chi connectivity index (χ0n) is 9.34. The number of benzene rings is 1. The summed E-state index contributed by atoms with van der Waals surface area (Å²) in [5.41, 5.74) is 0. The Balaban J connectivity index is 2.28. The maximum Gasteiger partial charge on any atom is 0.241 e. The number of hydrogen-bond donors (Lipinski definition) is 1. The van der Waals surface area contributed by atoms with E-state index in [1.807, 2.05) is 0 Å². The highest BCUT2D eigenvalue weighted by atomic mass is 35.5. The second kappa shape index (κ2) is 4.75. The lowest BCUT2D eigenvalue weighted by Gasteiger charge is -2.10. The molecule has 0 radical (unpaired) electrons. The first-order valence-electron chi connectivity index (χ1n) is 5.01. The Kier molecular flexibility index (Phi) is 3.47. The predicted octanol–water partition coefficient (Wildman–Crippen LogP) is 0.847. The van der Waals surface area contributed by atoms with Crippen molar-refractivity contribution in [1.29, 1.82) is 0 Å². The Labute approximate surface area is 109 Å². The van der Waals surface area contributed by atoms with Gasteiger partial charge in [0.15, 0.2) is 11.5 Å². The van der Waals surface area contributed by atoms with Crippen LogP contribution in [0.4, 0.5) is 0 Å². The van der Waals surface area contributed by atoms with Crippen LogP contribution < -0.4 is 14.2 Å². The maximum atomic E-state index is 11.9. The van der Waals surface area contributed by atoms with Gasteiger partial charge in [0, 0.05) is 6.07 Å². The Bertz CT molecular complexity index is 586. The molecule has 2 rings (SSSR count). The summed E-state index contributed by atoms with van der Waals surface area (Å²) in [6.07, 6.45) is 0. The number of carbonyl (C=O) groups excluding carboxylic acids is 1. The summed E-state index contributed by atoms with van der Waals surface area (Å²) in [6, 6.07) is 3.18. The molecule has 0 bridgehead atoms. The number of sulfonamides is 1. The van der Waals surface area contributed by atoms with E-state index in [4.69, 9.17) is 21.1 Å². The smallest absolute Gasteiger partial charge is 0.241 e. The topological polar surface area (TPSA) is 81.7 Å². The molecule has 0 fully saturated rings. The molecule has 0 saturated heterocycles. The van der Waals surface area contributed by atoms with E-state index < -0.39 is 21.3 Å². The molecule has 1 atom stereocenters. The summed E-state index contributed by atoms with van der Waals surface area (Å²) in [5.74, 6) is 0.832. The minimum absolute atomic E-state index is 0.0171. The molecule has 98 valence electrons. The highest BCUT2D eigenvalue weighted by molar-refractivity contribution is 7.89. The van der Waals surface area contributed by atoms with Crippen LogP contribution in [0.25, 0.3) is 0 Å². The summed E-state index contributed by atoms with van der Waals surface area (Å²) < 4.78 is 36.2. The fraction of sp³-hybridized carbons (Fsp3) is 0.300. The normalized spacial score (nSPS) is 15.4. The highest BCUT2D eigenvalue weighted by Crippen LogP contribution is 2.33. The molecule has 0 saturated carbocycles. The van der Waals surface area contributed by atoms with Crippen LogP contribution in [0.2, 0.25) is 0 Å². The molecule has 8 heteroatoms. The van der Waals surface area contributed by atoms with E-state index in [0.717, 1.165) is 0 Å². The molecule has 1 N–H and O–H groups in total. The number of hydrogen-bond acceptors (Lipinski definition) is 5. The van der Waals surface area contributed by atoms with Crippen LogP contribution >= 0.6 is 11.6 Å². The SMILES string of the molecule is CC(NS(=O)(=O)c1ccc2c(c1)OCO2)C(=O)Cl. The van der Waals surface area contributed by atoms with Gasteiger partial charge < -0.3 is 9.47 Å². The average molecular weight is 292 g/mol. The number of ether oxygens (including phenoxy) is 2. The van der Waals surface area contributed by atoms with Gasteiger partial charge in [-0.15, -0.1) is 0 Å². The van der Waals surface area contributed by atoms with Crippen LogP contribution in [-0.4, -0.2) is 26.5 Å². The largest absolute Gasteiger partial charge is 0.454 e. The lowest BCUT2D eigenvalue weighted by atomic mass is 10.3. The van der Waals surface area contributed by atoms with E-state index in [2.05, 4.69) is 4.72 Å². The van der Waals surface area contributed by atoms with Crippen molar-refractivity contribution in [2.75, 3.05) is 6.79 Å². The zero-order chi connectivity index (χ0) is 13.3. The third-order valence-electron chi connectivity index (χ3n) is 2.33. The molecule has 18 heavy (non-hydrogen) atoms. The van der Waals surface area contributed by atoms with Gasteiger partial charge in [-0.1, -0.05) is 0 Å². The molecule has 6 nitrogen and oxygen atoms in total. The minimum Gasteiger partial charge on any atom is -0.454 e. The zero-order valence-corrected chi connectivity index (χ0v) is 10.9. The summed E-state index contributed by atoms with van der Waals surface area (Å²) >= 11 is 5.20. The fourth-order valence-electron chi connectivity index (χ4n) is 1.39. The quantitative estimate of drug-likeness (QED) is 0.832. The molecule has 1 aromatic carbocycles. The first-order chi connectivity index (χ1) is 8.40. The van der Waals surface area contributed by atoms with E-state index in [1.54, 1.807) is 0 Å². The molecular formula is C10H10ClNO5S. The molecule has 0 amide bonds. The fourth-order valence-corrected chi connectivity index (χ4v) is 2.73. The van der Waals surface area contributed by atoms with Crippen molar-refractivity contribution < 1.29 is 22.7 Å². The van der Waals surface area contributed by atoms with Crippen molar-refractivity contribution in [3.63, 3.8) is 0 Å². The van der Waals surface area contributed by atoms with Gasteiger partial charge in [-0.3, -0.25) is 4.79 Å². The van der Waals surface area contributed by atoms with Crippen molar-refractivity contribution in [3.8, 4) is 11.5 Å². The summed E-state index contributed by atoms with van der Waals surface area (Å²) in [6.45, 7) is 1.42. The predicted molar refractivity (Wildman–Crippen MR) is 63.2 cm³/mol. The van der Waals surface area contributed by atoms with Gasteiger partial charge in [0.2, 0.25) is 22.1 Å². The van der Waals surface area contributed by atoms with Gasteiger partial charge in [-0.05, 0) is 30.7 Å². The Morgan fingerprint density at radius 3 is 2.72 bits per heavy atom. The van der Waals surface area contributed by atoms with Gasteiger partial charge in [-0.25, -0.2) is 8.42 Å². The van der Waals surface area contributed by atoms with Crippen molar-refractivity contribution in [2.45, 2.75) is 17.9 Å². The molecular weight excluding hydrogens is 282 g/mol. The van der Waals surface area contributed by atoms with Gasteiger partial charge in [0.1, 0.15) is 0 Å². The van der Waals surface area contributed by atoms with Crippen molar-refractivity contribution in [1.82, 2.24) is 4.72 Å². The second-order valence-corrected chi connectivity index (χ2v) is 5.75. The minimum atomic E-state index is -3.82. The van der Waals surface area contributed by atoms with Crippen LogP contribution in [0.3, 0.4) is 0 Å². The lowest BCUT2D eigenvalue weighted by Crippen LogP contribution is -2.36. The van der Waals surface area contributed by atoms with Crippen LogP contribution in [-0.2, 0) is 14.8 Å². The number of halogens is 1. The molecule has 0 aromatic heterocycles. The Morgan fingerprint density at radius 2 is 2.06 bits per heavy atom. The Hall–Kier alpha value is -1.31. The molecule has 1 aliphatic heterocycles. The summed E-state index contributed by atoms with van der Waals surface area (Å²) in [4.78, 5) is 10.8. The van der Waals surface area contributed by atoms with Crippen molar-refractivity contribution in [2.24, 2.45) is 0 Å². The van der Waals surface area contributed by atoms with Gasteiger partial charge in [0.25, 0.3) is 0 Å². The van der Waals surface area contributed by atoms with Crippen LogP contribution in [0.1, 0.15) is 6.92 Å². The monoisotopic (exact) mass is 291 g/mol. The van der Waals surface area contributed by atoms with E-state index in [-0.39, 0.29) is 11.7 Å².